The van der Waals surface area contributed by atoms with Crippen LogP contribution in [0.2, 0.25) is 0 Å². The van der Waals surface area contributed by atoms with Gasteiger partial charge in [0.1, 0.15) is 0 Å². The molecule has 5 atom stereocenters. The molecular weight excluding hydrogens is 253 g/mol. The number of carboxylic acids is 1. The van der Waals surface area contributed by atoms with E-state index >= 15 is 0 Å². The molecule has 106 valence electrons. The summed E-state index contributed by atoms with van der Waals surface area (Å²) in [6.45, 7) is 1.79. The largest absolute Gasteiger partial charge is 0.481 e. The van der Waals surface area contributed by atoms with E-state index in [-0.39, 0.29) is 18.3 Å². The summed E-state index contributed by atoms with van der Waals surface area (Å²) in [7, 11) is 0. The number of alkyl halides is 1. The first-order valence-electron chi connectivity index (χ1n) is 6.55. The molecule has 19 heavy (non-hydrogen) atoms. The molecule has 0 saturated heterocycles. The number of aliphatic carboxylic acids is 1. The summed E-state index contributed by atoms with van der Waals surface area (Å²) in [5, 5.41) is 11.7. The zero-order valence-electron chi connectivity index (χ0n) is 10.7. The van der Waals surface area contributed by atoms with E-state index < -0.39 is 30.4 Å². The number of fused-ring (bicyclic) bond motifs is 2. The molecule has 0 aromatic carbocycles. The standard InChI is InChI=1S/C13H18FNO4/c1-2-3-9(14)19-13(18)15-11-8-5-4-7(6-8)10(11)12(16)17/h4-5,7-11H,2-3,6H2,1H3,(H,15,18)(H,16,17)/t7?,8?,9?,10-,11+/m0/s1. The molecule has 0 aliphatic heterocycles. The van der Waals surface area contributed by atoms with Crippen LogP contribution in [0.3, 0.4) is 0 Å². The highest BCUT2D eigenvalue weighted by Crippen LogP contribution is 2.43. The lowest BCUT2D eigenvalue weighted by Gasteiger charge is -2.25. The third kappa shape index (κ3) is 2.88. The van der Waals surface area contributed by atoms with Gasteiger partial charge in [0.15, 0.2) is 0 Å². The Morgan fingerprint density at radius 1 is 1.47 bits per heavy atom. The Balaban J connectivity index is 1.93. The van der Waals surface area contributed by atoms with Crippen LogP contribution in [0.15, 0.2) is 12.2 Å². The first kappa shape index (κ1) is 13.8. The normalized spacial score (nSPS) is 33.2. The van der Waals surface area contributed by atoms with Crippen molar-refractivity contribution in [2.75, 3.05) is 0 Å². The van der Waals surface area contributed by atoms with Crippen LogP contribution in [0.5, 0.6) is 0 Å². The highest BCUT2D eigenvalue weighted by molar-refractivity contribution is 5.75. The van der Waals surface area contributed by atoms with Crippen molar-refractivity contribution in [3.05, 3.63) is 12.2 Å². The van der Waals surface area contributed by atoms with Crippen molar-refractivity contribution in [1.29, 1.82) is 0 Å². The van der Waals surface area contributed by atoms with Gasteiger partial charge in [-0.1, -0.05) is 19.1 Å². The highest BCUT2D eigenvalue weighted by atomic mass is 19.1. The number of hydrogen-bond donors (Lipinski definition) is 2. The van der Waals surface area contributed by atoms with Gasteiger partial charge in [-0.2, -0.15) is 0 Å². The predicted octanol–water partition coefficient (Wildman–Crippen LogP) is 2.08. The second-order valence-corrected chi connectivity index (χ2v) is 5.09. The van der Waals surface area contributed by atoms with E-state index in [1.54, 1.807) is 6.92 Å². The summed E-state index contributed by atoms with van der Waals surface area (Å²) >= 11 is 0. The number of hydrogen-bond acceptors (Lipinski definition) is 3. The van der Waals surface area contributed by atoms with Crippen LogP contribution in [-0.2, 0) is 9.53 Å². The Morgan fingerprint density at radius 3 is 2.79 bits per heavy atom. The van der Waals surface area contributed by atoms with Crippen molar-refractivity contribution in [2.45, 2.75) is 38.6 Å². The Labute approximate surface area is 110 Å². The minimum atomic E-state index is -1.64. The third-order valence-electron chi connectivity index (χ3n) is 3.78. The summed E-state index contributed by atoms with van der Waals surface area (Å²) in [6, 6.07) is -0.506. The van der Waals surface area contributed by atoms with Gasteiger partial charge in [-0.15, -0.1) is 0 Å². The molecule has 0 aromatic heterocycles. The average molecular weight is 271 g/mol. The SMILES string of the molecule is CCCC(F)OC(=O)N[C@@H]1C2C=CC(C2)[C@@H]1C(=O)O. The molecule has 1 amide bonds. The number of allylic oxidation sites excluding steroid dienone is 1. The summed E-state index contributed by atoms with van der Waals surface area (Å²) in [5.41, 5.74) is 0. The second kappa shape index (κ2) is 5.59. The minimum absolute atomic E-state index is 0.00267. The van der Waals surface area contributed by atoms with Crippen molar-refractivity contribution in [3.8, 4) is 0 Å². The van der Waals surface area contributed by atoms with Gasteiger partial charge in [-0.25, -0.2) is 9.18 Å². The third-order valence-corrected chi connectivity index (χ3v) is 3.78. The number of nitrogens with one attached hydrogen (secondary N) is 1. The van der Waals surface area contributed by atoms with Crippen LogP contribution in [0.4, 0.5) is 9.18 Å². The quantitative estimate of drug-likeness (QED) is 0.751. The maximum Gasteiger partial charge on any atom is 0.409 e. The Morgan fingerprint density at radius 2 is 2.16 bits per heavy atom. The van der Waals surface area contributed by atoms with E-state index in [1.165, 1.54) is 0 Å². The zero-order valence-corrected chi connectivity index (χ0v) is 10.7. The molecule has 5 nitrogen and oxygen atoms in total. The molecule has 3 unspecified atom stereocenters. The molecule has 2 aliphatic rings. The second-order valence-electron chi connectivity index (χ2n) is 5.09. The molecule has 1 saturated carbocycles. The lowest BCUT2D eigenvalue weighted by Crippen LogP contribution is -2.46. The van der Waals surface area contributed by atoms with E-state index in [9.17, 15) is 19.1 Å². The van der Waals surface area contributed by atoms with Crippen LogP contribution in [-0.4, -0.2) is 29.6 Å². The molecule has 0 radical (unpaired) electrons. The molecule has 6 heteroatoms. The van der Waals surface area contributed by atoms with Gasteiger partial charge in [0, 0.05) is 6.42 Å². The number of rotatable bonds is 5. The van der Waals surface area contributed by atoms with Gasteiger partial charge in [0.05, 0.1) is 12.0 Å². The van der Waals surface area contributed by atoms with E-state index in [2.05, 4.69) is 10.1 Å². The van der Waals surface area contributed by atoms with Crippen LogP contribution in [0.25, 0.3) is 0 Å². The fourth-order valence-electron chi connectivity index (χ4n) is 2.93. The molecule has 2 aliphatic carbocycles. The van der Waals surface area contributed by atoms with E-state index in [1.807, 2.05) is 12.2 Å². The number of halogens is 1. The number of ether oxygens (including phenoxy) is 1. The van der Waals surface area contributed by atoms with Gasteiger partial charge in [-0.05, 0) is 24.7 Å². The van der Waals surface area contributed by atoms with E-state index in [0.717, 1.165) is 6.42 Å². The number of carbonyl (C=O) groups is 2. The molecule has 0 heterocycles. The van der Waals surface area contributed by atoms with Crippen molar-refractivity contribution < 1.29 is 23.8 Å². The van der Waals surface area contributed by atoms with Crippen LogP contribution < -0.4 is 5.32 Å². The van der Waals surface area contributed by atoms with Gasteiger partial charge < -0.3 is 15.2 Å². The summed E-state index contributed by atoms with van der Waals surface area (Å²) < 4.78 is 17.7. The maximum atomic E-state index is 13.2. The lowest BCUT2D eigenvalue weighted by molar-refractivity contribution is -0.143. The van der Waals surface area contributed by atoms with Crippen LogP contribution in [0, 0.1) is 17.8 Å². The van der Waals surface area contributed by atoms with Crippen molar-refractivity contribution in [2.24, 2.45) is 17.8 Å². The Hall–Kier alpha value is -1.59. The Bertz CT molecular complexity index is 398. The van der Waals surface area contributed by atoms with Gasteiger partial charge in [0.2, 0.25) is 6.36 Å². The van der Waals surface area contributed by atoms with Crippen molar-refractivity contribution in [1.82, 2.24) is 5.32 Å². The monoisotopic (exact) mass is 271 g/mol. The number of carbonyl (C=O) groups excluding carboxylic acids is 1. The van der Waals surface area contributed by atoms with Crippen molar-refractivity contribution >= 4 is 12.1 Å². The fraction of sp³-hybridized carbons (Fsp3) is 0.692. The summed E-state index contributed by atoms with van der Waals surface area (Å²) in [4.78, 5) is 22.7. The fourth-order valence-corrected chi connectivity index (χ4v) is 2.93. The van der Waals surface area contributed by atoms with Crippen LogP contribution >= 0.6 is 0 Å². The molecule has 0 aromatic rings. The molecule has 0 spiro atoms. The molecule has 1 fully saturated rings. The first-order chi connectivity index (χ1) is 9.02. The lowest BCUT2D eigenvalue weighted by atomic mass is 9.89. The number of alkyl carbamates (subject to hydrolysis) is 1. The summed E-state index contributed by atoms with van der Waals surface area (Å²) in [5.74, 6) is -1.63. The number of carboxylic acid groups (broad SMARTS) is 1. The van der Waals surface area contributed by atoms with E-state index in [0.29, 0.717) is 6.42 Å². The smallest absolute Gasteiger partial charge is 0.409 e. The molecular formula is C13H18FNO4. The number of amides is 1. The average Bonchev–Trinajstić information content (AvgIpc) is 2.88. The van der Waals surface area contributed by atoms with Gasteiger partial charge in [-0.3, -0.25) is 4.79 Å². The Kier molecular flexibility index (Phi) is 4.07. The first-order valence-corrected chi connectivity index (χ1v) is 6.55. The predicted molar refractivity (Wildman–Crippen MR) is 65.1 cm³/mol. The van der Waals surface area contributed by atoms with E-state index in [4.69, 9.17) is 0 Å². The molecule has 2 N–H and O–H groups in total. The zero-order chi connectivity index (χ0) is 14.0. The van der Waals surface area contributed by atoms with Crippen molar-refractivity contribution in [3.63, 3.8) is 0 Å². The summed E-state index contributed by atoms with van der Waals surface area (Å²) in [6.07, 6.45) is 2.71. The molecule has 2 rings (SSSR count). The topological polar surface area (TPSA) is 75.6 Å². The maximum absolute atomic E-state index is 13.2. The minimum Gasteiger partial charge on any atom is -0.481 e. The van der Waals surface area contributed by atoms with Crippen LogP contribution in [0.1, 0.15) is 26.2 Å². The van der Waals surface area contributed by atoms with Gasteiger partial charge in [0.25, 0.3) is 0 Å². The molecule has 2 bridgehead atoms. The highest BCUT2D eigenvalue weighted by Gasteiger charge is 2.49. The van der Waals surface area contributed by atoms with Gasteiger partial charge >= 0.3 is 12.1 Å².